The Kier molecular flexibility index (Phi) is 9.44. The Balaban J connectivity index is 0.00000320. The SMILES string of the molecule is CCNC(=NCC(O)c1ccccc1F)N1CC(C)OC(c2ccc(F)cc2)C1.I. The third kappa shape index (κ3) is 6.36. The van der Waals surface area contributed by atoms with Crippen LogP contribution in [-0.2, 0) is 4.74 Å². The van der Waals surface area contributed by atoms with Gasteiger partial charge in [-0.3, -0.25) is 4.99 Å². The van der Waals surface area contributed by atoms with Crippen LogP contribution in [0.15, 0.2) is 53.5 Å². The summed E-state index contributed by atoms with van der Waals surface area (Å²) in [5, 5.41) is 13.6. The highest BCUT2D eigenvalue weighted by Crippen LogP contribution is 2.26. The molecule has 3 atom stereocenters. The Hall–Kier alpha value is -1.78. The number of guanidine groups is 1. The number of rotatable bonds is 5. The van der Waals surface area contributed by atoms with Gasteiger partial charge in [-0.1, -0.05) is 30.3 Å². The lowest BCUT2D eigenvalue weighted by Crippen LogP contribution is -2.50. The van der Waals surface area contributed by atoms with Crippen LogP contribution in [0, 0.1) is 11.6 Å². The molecule has 164 valence electrons. The standard InChI is InChI=1S/C22H27F2N3O2.HI/c1-3-25-22(26-12-20(28)18-6-4-5-7-19(18)24)27-13-15(2)29-21(14-27)16-8-10-17(23)11-9-16;/h4-11,15,20-21,28H,3,12-14H2,1-2H3,(H,25,26);1H. The highest BCUT2D eigenvalue weighted by molar-refractivity contribution is 14.0. The molecule has 2 N–H and O–H groups in total. The molecule has 3 unspecified atom stereocenters. The van der Waals surface area contributed by atoms with E-state index in [2.05, 4.69) is 15.2 Å². The molecule has 0 saturated carbocycles. The summed E-state index contributed by atoms with van der Waals surface area (Å²) in [4.78, 5) is 6.59. The maximum atomic E-state index is 13.9. The monoisotopic (exact) mass is 531 g/mol. The zero-order chi connectivity index (χ0) is 20.8. The Labute approximate surface area is 193 Å². The average Bonchev–Trinajstić information content (AvgIpc) is 2.71. The van der Waals surface area contributed by atoms with E-state index >= 15 is 0 Å². The zero-order valence-electron chi connectivity index (χ0n) is 17.1. The maximum absolute atomic E-state index is 13.9. The van der Waals surface area contributed by atoms with E-state index in [0.29, 0.717) is 25.6 Å². The first-order chi connectivity index (χ1) is 14.0. The summed E-state index contributed by atoms with van der Waals surface area (Å²) in [6.45, 7) is 5.79. The molecule has 0 amide bonds. The lowest BCUT2D eigenvalue weighted by Gasteiger charge is -2.38. The van der Waals surface area contributed by atoms with Crippen molar-refractivity contribution in [1.82, 2.24) is 10.2 Å². The molecule has 1 aliphatic heterocycles. The van der Waals surface area contributed by atoms with E-state index in [9.17, 15) is 13.9 Å². The van der Waals surface area contributed by atoms with Crippen LogP contribution < -0.4 is 5.32 Å². The Morgan fingerprint density at radius 2 is 1.90 bits per heavy atom. The smallest absolute Gasteiger partial charge is 0.194 e. The molecule has 1 fully saturated rings. The largest absolute Gasteiger partial charge is 0.386 e. The Morgan fingerprint density at radius 1 is 1.20 bits per heavy atom. The van der Waals surface area contributed by atoms with Gasteiger partial charge in [0.2, 0.25) is 0 Å². The van der Waals surface area contributed by atoms with E-state index in [1.807, 2.05) is 13.8 Å². The van der Waals surface area contributed by atoms with E-state index in [0.717, 1.165) is 5.56 Å². The fourth-order valence-electron chi connectivity index (χ4n) is 3.43. The molecular formula is C22H28F2IN3O2. The normalized spacial score (nSPS) is 20.4. The van der Waals surface area contributed by atoms with Crippen LogP contribution in [0.5, 0.6) is 0 Å². The minimum Gasteiger partial charge on any atom is -0.386 e. The van der Waals surface area contributed by atoms with Gasteiger partial charge in [0.15, 0.2) is 5.96 Å². The number of hydrogen-bond acceptors (Lipinski definition) is 3. The fourth-order valence-corrected chi connectivity index (χ4v) is 3.43. The van der Waals surface area contributed by atoms with E-state index < -0.39 is 11.9 Å². The first-order valence-corrected chi connectivity index (χ1v) is 9.84. The van der Waals surface area contributed by atoms with Crippen molar-refractivity contribution < 1.29 is 18.6 Å². The number of aliphatic imine (C=N–C) groups is 1. The number of benzene rings is 2. The van der Waals surface area contributed by atoms with Crippen molar-refractivity contribution in [3.8, 4) is 0 Å². The Morgan fingerprint density at radius 3 is 2.57 bits per heavy atom. The lowest BCUT2D eigenvalue weighted by atomic mass is 10.1. The molecular weight excluding hydrogens is 503 g/mol. The number of nitrogens with zero attached hydrogens (tertiary/aromatic N) is 2. The number of hydrogen-bond donors (Lipinski definition) is 2. The van der Waals surface area contributed by atoms with Gasteiger partial charge >= 0.3 is 0 Å². The summed E-state index contributed by atoms with van der Waals surface area (Å²) in [6, 6.07) is 12.5. The van der Waals surface area contributed by atoms with Crippen molar-refractivity contribution in [1.29, 1.82) is 0 Å². The predicted octanol–water partition coefficient (Wildman–Crippen LogP) is 4.04. The minimum absolute atomic E-state index is 0. The number of morpholine rings is 1. The third-order valence-electron chi connectivity index (χ3n) is 4.81. The van der Waals surface area contributed by atoms with Crippen molar-refractivity contribution in [2.24, 2.45) is 4.99 Å². The van der Waals surface area contributed by atoms with Crippen LogP contribution in [0.25, 0.3) is 0 Å². The molecule has 1 saturated heterocycles. The molecule has 2 aromatic rings. The summed E-state index contributed by atoms with van der Waals surface area (Å²) in [5.41, 5.74) is 1.12. The van der Waals surface area contributed by atoms with Gasteiger partial charge in [-0.15, -0.1) is 24.0 Å². The van der Waals surface area contributed by atoms with Crippen LogP contribution in [0.4, 0.5) is 8.78 Å². The van der Waals surface area contributed by atoms with E-state index in [1.165, 1.54) is 18.2 Å². The predicted molar refractivity (Wildman–Crippen MR) is 124 cm³/mol. The molecule has 3 rings (SSSR count). The average molecular weight is 531 g/mol. The summed E-state index contributed by atoms with van der Waals surface area (Å²) in [6.07, 6.45) is -1.31. The van der Waals surface area contributed by atoms with Crippen LogP contribution in [0.2, 0.25) is 0 Å². The van der Waals surface area contributed by atoms with Crippen molar-refractivity contribution >= 4 is 29.9 Å². The molecule has 8 heteroatoms. The molecule has 0 radical (unpaired) electrons. The van der Waals surface area contributed by atoms with Crippen molar-refractivity contribution in [3.63, 3.8) is 0 Å². The third-order valence-corrected chi connectivity index (χ3v) is 4.81. The molecule has 1 heterocycles. The quantitative estimate of drug-likeness (QED) is 0.348. The second kappa shape index (κ2) is 11.6. The second-order valence-electron chi connectivity index (χ2n) is 7.12. The first kappa shape index (κ1) is 24.5. The minimum atomic E-state index is -1.03. The maximum Gasteiger partial charge on any atom is 0.194 e. The van der Waals surface area contributed by atoms with Gasteiger partial charge in [-0.05, 0) is 37.6 Å². The Bertz CT molecular complexity index is 835. The van der Waals surface area contributed by atoms with Crippen molar-refractivity contribution in [2.45, 2.75) is 32.2 Å². The van der Waals surface area contributed by atoms with E-state index in [4.69, 9.17) is 4.74 Å². The summed E-state index contributed by atoms with van der Waals surface area (Å²) >= 11 is 0. The van der Waals surface area contributed by atoms with Gasteiger partial charge in [0.25, 0.3) is 0 Å². The van der Waals surface area contributed by atoms with Gasteiger partial charge < -0.3 is 20.1 Å². The summed E-state index contributed by atoms with van der Waals surface area (Å²) < 4.78 is 33.2. The molecule has 5 nitrogen and oxygen atoms in total. The molecule has 0 aliphatic carbocycles. The zero-order valence-corrected chi connectivity index (χ0v) is 19.4. The van der Waals surface area contributed by atoms with E-state index in [-0.39, 0.29) is 54.1 Å². The number of ether oxygens (including phenoxy) is 1. The summed E-state index contributed by atoms with van der Waals surface area (Å²) in [5.74, 6) is -0.104. The fraction of sp³-hybridized carbons (Fsp3) is 0.409. The number of nitrogens with one attached hydrogen (secondary N) is 1. The number of aliphatic hydroxyl groups excluding tert-OH is 1. The van der Waals surface area contributed by atoms with Crippen LogP contribution >= 0.6 is 24.0 Å². The van der Waals surface area contributed by atoms with Crippen LogP contribution in [0.1, 0.15) is 37.2 Å². The van der Waals surface area contributed by atoms with Crippen molar-refractivity contribution in [2.75, 3.05) is 26.2 Å². The van der Waals surface area contributed by atoms with Gasteiger partial charge in [0.1, 0.15) is 23.8 Å². The number of halogens is 3. The van der Waals surface area contributed by atoms with Gasteiger partial charge in [0, 0.05) is 18.7 Å². The van der Waals surface area contributed by atoms with Crippen LogP contribution in [-0.4, -0.2) is 48.2 Å². The first-order valence-electron chi connectivity index (χ1n) is 9.84. The molecule has 0 aromatic heterocycles. The lowest BCUT2D eigenvalue weighted by molar-refractivity contribution is -0.0605. The van der Waals surface area contributed by atoms with Gasteiger partial charge in [-0.2, -0.15) is 0 Å². The molecule has 1 aliphatic rings. The van der Waals surface area contributed by atoms with Crippen LogP contribution in [0.3, 0.4) is 0 Å². The molecule has 0 bridgehead atoms. The number of aliphatic hydroxyl groups is 1. The van der Waals surface area contributed by atoms with Gasteiger partial charge in [-0.25, -0.2) is 8.78 Å². The molecule has 2 aromatic carbocycles. The van der Waals surface area contributed by atoms with E-state index in [1.54, 1.807) is 30.3 Å². The topological polar surface area (TPSA) is 57.1 Å². The summed E-state index contributed by atoms with van der Waals surface area (Å²) in [7, 11) is 0. The highest BCUT2D eigenvalue weighted by atomic mass is 127. The molecule has 30 heavy (non-hydrogen) atoms. The second-order valence-corrected chi connectivity index (χ2v) is 7.12. The molecule has 0 spiro atoms. The van der Waals surface area contributed by atoms with Gasteiger partial charge in [0.05, 0.1) is 19.2 Å². The van der Waals surface area contributed by atoms with Crippen molar-refractivity contribution in [3.05, 3.63) is 71.3 Å². The highest BCUT2D eigenvalue weighted by Gasteiger charge is 2.28.